The van der Waals surface area contributed by atoms with Crippen LogP contribution >= 0.6 is 11.8 Å². The van der Waals surface area contributed by atoms with Crippen LogP contribution in [0.3, 0.4) is 0 Å². The van der Waals surface area contributed by atoms with Gasteiger partial charge in [-0.15, -0.1) is 0 Å². The molecule has 0 unspecified atom stereocenters. The second-order valence-electron chi connectivity index (χ2n) is 4.49. The van der Waals surface area contributed by atoms with Gasteiger partial charge in [0.1, 0.15) is 5.75 Å². The Kier molecular flexibility index (Phi) is 4.74. The van der Waals surface area contributed by atoms with Crippen molar-refractivity contribution in [2.45, 2.75) is 18.4 Å². The van der Waals surface area contributed by atoms with E-state index in [0.717, 1.165) is 28.5 Å². The van der Waals surface area contributed by atoms with Gasteiger partial charge in [-0.25, -0.2) is 0 Å². The van der Waals surface area contributed by atoms with Crippen molar-refractivity contribution in [2.24, 2.45) is 0 Å². The highest BCUT2D eigenvalue weighted by atomic mass is 32.2. The van der Waals surface area contributed by atoms with Gasteiger partial charge in [-0.05, 0) is 36.2 Å². The van der Waals surface area contributed by atoms with Crippen LogP contribution in [0.15, 0.2) is 42.5 Å². The Hall–Kier alpha value is -1.61. The number of ether oxygens (including phenoxy) is 1. The third-order valence-electron chi connectivity index (χ3n) is 3.08. The standard InChI is InChI=1S/C16H19NOS/c1-12-5-3-4-6-13(12)10-19-11-14-9-15(17)7-8-16(14)18-2/h3-9H,10-11,17H2,1-2H3. The first-order valence-electron chi connectivity index (χ1n) is 6.25. The quantitative estimate of drug-likeness (QED) is 0.836. The van der Waals surface area contributed by atoms with Gasteiger partial charge < -0.3 is 10.5 Å². The number of benzene rings is 2. The summed E-state index contributed by atoms with van der Waals surface area (Å²) in [6.07, 6.45) is 0. The molecule has 0 heterocycles. The van der Waals surface area contributed by atoms with Crippen LogP contribution in [0.2, 0.25) is 0 Å². The molecule has 2 aromatic rings. The van der Waals surface area contributed by atoms with Gasteiger partial charge in [-0.2, -0.15) is 11.8 Å². The lowest BCUT2D eigenvalue weighted by Gasteiger charge is -2.10. The van der Waals surface area contributed by atoms with E-state index in [-0.39, 0.29) is 0 Å². The summed E-state index contributed by atoms with van der Waals surface area (Å²) < 4.78 is 5.36. The van der Waals surface area contributed by atoms with E-state index in [1.54, 1.807) is 7.11 Å². The van der Waals surface area contributed by atoms with Crippen LogP contribution in [-0.4, -0.2) is 7.11 Å². The molecule has 2 nitrogen and oxygen atoms in total. The zero-order valence-electron chi connectivity index (χ0n) is 11.3. The summed E-state index contributed by atoms with van der Waals surface area (Å²) in [5.74, 6) is 2.82. The van der Waals surface area contributed by atoms with Crippen molar-refractivity contribution < 1.29 is 4.74 Å². The zero-order chi connectivity index (χ0) is 13.7. The highest BCUT2D eigenvalue weighted by molar-refractivity contribution is 7.97. The summed E-state index contributed by atoms with van der Waals surface area (Å²) in [5, 5.41) is 0. The van der Waals surface area contributed by atoms with Crippen LogP contribution in [0.1, 0.15) is 16.7 Å². The summed E-state index contributed by atoms with van der Waals surface area (Å²) in [6.45, 7) is 2.15. The van der Waals surface area contributed by atoms with E-state index in [9.17, 15) is 0 Å². The highest BCUT2D eigenvalue weighted by Crippen LogP contribution is 2.27. The van der Waals surface area contributed by atoms with Crippen molar-refractivity contribution in [3.05, 3.63) is 59.2 Å². The fourth-order valence-corrected chi connectivity index (χ4v) is 3.05. The van der Waals surface area contributed by atoms with E-state index >= 15 is 0 Å². The fourth-order valence-electron chi connectivity index (χ4n) is 1.95. The minimum Gasteiger partial charge on any atom is -0.496 e. The molecule has 0 amide bonds. The monoisotopic (exact) mass is 273 g/mol. The predicted octanol–water partition coefficient (Wildman–Crippen LogP) is 4.02. The molecule has 2 aromatic carbocycles. The maximum Gasteiger partial charge on any atom is 0.123 e. The van der Waals surface area contributed by atoms with Gasteiger partial charge in [0.2, 0.25) is 0 Å². The highest BCUT2D eigenvalue weighted by Gasteiger charge is 2.04. The van der Waals surface area contributed by atoms with E-state index in [2.05, 4.69) is 31.2 Å². The van der Waals surface area contributed by atoms with Gasteiger partial charge in [0.15, 0.2) is 0 Å². The first-order chi connectivity index (χ1) is 9.20. The molecule has 0 atom stereocenters. The van der Waals surface area contributed by atoms with Crippen molar-refractivity contribution in [1.29, 1.82) is 0 Å². The van der Waals surface area contributed by atoms with Gasteiger partial charge in [0.25, 0.3) is 0 Å². The minimum atomic E-state index is 0.785. The Morgan fingerprint density at radius 1 is 1.05 bits per heavy atom. The molecule has 0 aliphatic carbocycles. The number of nitrogen functional groups attached to an aromatic ring is 1. The predicted molar refractivity (Wildman–Crippen MR) is 83.6 cm³/mol. The Morgan fingerprint density at radius 2 is 1.79 bits per heavy atom. The second-order valence-corrected chi connectivity index (χ2v) is 5.48. The first-order valence-corrected chi connectivity index (χ1v) is 7.41. The van der Waals surface area contributed by atoms with Crippen molar-refractivity contribution in [1.82, 2.24) is 0 Å². The number of nitrogens with two attached hydrogens (primary N) is 1. The van der Waals surface area contributed by atoms with Crippen molar-refractivity contribution in [3.8, 4) is 5.75 Å². The van der Waals surface area contributed by atoms with Gasteiger partial charge in [0, 0.05) is 22.8 Å². The molecule has 2 N–H and O–H groups in total. The van der Waals surface area contributed by atoms with E-state index in [1.807, 2.05) is 30.0 Å². The third kappa shape index (κ3) is 3.67. The number of hydrogen-bond acceptors (Lipinski definition) is 3. The van der Waals surface area contributed by atoms with E-state index in [4.69, 9.17) is 10.5 Å². The van der Waals surface area contributed by atoms with E-state index in [0.29, 0.717) is 0 Å². The summed E-state index contributed by atoms with van der Waals surface area (Å²) in [6, 6.07) is 14.3. The number of anilines is 1. The molecule has 3 heteroatoms. The average Bonchev–Trinajstić information content (AvgIpc) is 2.41. The molecule has 2 rings (SSSR count). The summed E-state index contributed by atoms with van der Waals surface area (Å²) in [5.41, 5.74) is 10.5. The molecular formula is C16H19NOS. The minimum absolute atomic E-state index is 0.785. The molecule has 0 spiro atoms. The summed E-state index contributed by atoms with van der Waals surface area (Å²) >= 11 is 1.88. The lowest BCUT2D eigenvalue weighted by atomic mass is 10.1. The average molecular weight is 273 g/mol. The fraction of sp³-hybridized carbons (Fsp3) is 0.250. The van der Waals surface area contributed by atoms with Crippen LogP contribution in [0, 0.1) is 6.92 Å². The molecule has 0 aliphatic rings. The van der Waals surface area contributed by atoms with Crippen LogP contribution < -0.4 is 10.5 Å². The van der Waals surface area contributed by atoms with Crippen LogP contribution in [0.5, 0.6) is 5.75 Å². The lowest BCUT2D eigenvalue weighted by Crippen LogP contribution is -1.94. The SMILES string of the molecule is COc1ccc(N)cc1CSCc1ccccc1C. The Bertz CT molecular complexity index is 554. The molecule has 0 saturated carbocycles. The molecule has 0 saturated heterocycles. The molecule has 0 aromatic heterocycles. The summed E-state index contributed by atoms with van der Waals surface area (Å²) in [4.78, 5) is 0. The summed E-state index contributed by atoms with van der Waals surface area (Å²) in [7, 11) is 1.70. The van der Waals surface area contributed by atoms with Crippen molar-refractivity contribution >= 4 is 17.4 Å². The number of aryl methyl sites for hydroxylation is 1. The maximum absolute atomic E-state index is 5.82. The maximum atomic E-state index is 5.82. The van der Waals surface area contributed by atoms with E-state index in [1.165, 1.54) is 11.1 Å². The largest absolute Gasteiger partial charge is 0.496 e. The molecule has 0 radical (unpaired) electrons. The Morgan fingerprint density at radius 3 is 2.53 bits per heavy atom. The van der Waals surface area contributed by atoms with Gasteiger partial charge in [0.05, 0.1) is 7.11 Å². The Labute approximate surface area is 119 Å². The van der Waals surface area contributed by atoms with Gasteiger partial charge in [-0.1, -0.05) is 24.3 Å². The normalized spacial score (nSPS) is 10.4. The second kappa shape index (κ2) is 6.53. The third-order valence-corrected chi connectivity index (χ3v) is 4.11. The smallest absolute Gasteiger partial charge is 0.123 e. The Balaban J connectivity index is 2.00. The zero-order valence-corrected chi connectivity index (χ0v) is 12.2. The van der Waals surface area contributed by atoms with Crippen LogP contribution in [0.4, 0.5) is 5.69 Å². The number of hydrogen-bond donors (Lipinski definition) is 1. The van der Waals surface area contributed by atoms with Crippen molar-refractivity contribution in [2.75, 3.05) is 12.8 Å². The molecular weight excluding hydrogens is 254 g/mol. The molecule has 0 aliphatic heterocycles. The molecule has 100 valence electrons. The van der Waals surface area contributed by atoms with Crippen LogP contribution in [-0.2, 0) is 11.5 Å². The van der Waals surface area contributed by atoms with Crippen molar-refractivity contribution in [3.63, 3.8) is 0 Å². The van der Waals surface area contributed by atoms with E-state index < -0.39 is 0 Å². The van der Waals surface area contributed by atoms with Crippen LogP contribution in [0.25, 0.3) is 0 Å². The van der Waals surface area contributed by atoms with Gasteiger partial charge >= 0.3 is 0 Å². The molecule has 19 heavy (non-hydrogen) atoms. The molecule has 0 bridgehead atoms. The van der Waals surface area contributed by atoms with Gasteiger partial charge in [-0.3, -0.25) is 0 Å². The number of rotatable bonds is 5. The first kappa shape index (κ1) is 13.8. The topological polar surface area (TPSA) is 35.2 Å². The number of methoxy groups -OCH3 is 1. The molecule has 0 fully saturated rings. The lowest BCUT2D eigenvalue weighted by molar-refractivity contribution is 0.411. The number of thioether (sulfide) groups is 1.